The quantitative estimate of drug-likeness (QED) is 0.246. The van der Waals surface area contributed by atoms with Crippen molar-refractivity contribution in [2.24, 2.45) is 56.7 Å². The van der Waals surface area contributed by atoms with Gasteiger partial charge in [0.1, 0.15) is 0 Å². The molecule has 1 aliphatic heterocycles. The number of amides is 1. The summed E-state index contributed by atoms with van der Waals surface area (Å²) >= 11 is 0. The number of nitrogens with zero attached hydrogens (tertiary/aromatic N) is 3. The molecule has 4 saturated carbocycles. The second-order valence-electron chi connectivity index (χ2n) is 18.1. The van der Waals surface area contributed by atoms with Crippen molar-refractivity contribution in [1.29, 1.82) is 0 Å². The number of likely N-dealkylation sites (N-methyl/N-ethyl adjacent to an activating group) is 1. The van der Waals surface area contributed by atoms with Crippen LogP contribution in [0.15, 0.2) is 41.6 Å². The van der Waals surface area contributed by atoms with E-state index in [0.717, 1.165) is 88.8 Å². The average Bonchev–Trinajstić information content (AvgIpc) is 3.02. The van der Waals surface area contributed by atoms with Crippen molar-refractivity contribution in [3.05, 3.63) is 47.3 Å². The number of ketones is 1. The summed E-state index contributed by atoms with van der Waals surface area (Å²) in [6.07, 6.45) is 15.1. The standard InChI is InChI=1S/C41H59N3O2/c1-27-14-17-41(36(46)44-23-21-43(8)22-24-44)19-18-39(6)31(34(41)28(27)2)12-13-33-38(5)26-29(25-30-11-9-10-20-42-30)35(45)37(3,4)32(38)15-16-40(33,39)7/h9-12,20,25,27-28,32-34H,13-19,21-24,26H2,1-8H3/b29-25-/t27-,28+,32+,33-,34+,38+,39-,40-,41+/m1/s1. The molecule has 1 aromatic heterocycles. The number of pyridine rings is 1. The lowest BCUT2D eigenvalue weighted by Gasteiger charge is -2.71. The van der Waals surface area contributed by atoms with Crippen LogP contribution in [-0.2, 0) is 9.59 Å². The van der Waals surface area contributed by atoms with Crippen LogP contribution in [0.5, 0.6) is 0 Å². The maximum Gasteiger partial charge on any atom is 0.229 e. The Hall–Kier alpha value is -2.27. The highest BCUT2D eigenvalue weighted by molar-refractivity contribution is 6.04. The second kappa shape index (κ2) is 10.9. The lowest BCUT2D eigenvalue weighted by molar-refractivity contribution is -0.184. The number of aromatic nitrogens is 1. The Morgan fingerprint density at radius 2 is 1.67 bits per heavy atom. The van der Waals surface area contributed by atoms with Crippen molar-refractivity contribution < 1.29 is 9.59 Å². The Labute approximate surface area is 278 Å². The van der Waals surface area contributed by atoms with E-state index in [2.05, 4.69) is 82.4 Å². The molecule has 6 aliphatic rings. The summed E-state index contributed by atoms with van der Waals surface area (Å²) < 4.78 is 0. The maximum atomic E-state index is 14.8. The molecule has 1 saturated heterocycles. The van der Waals surface area contributed by atoms with Gasteiger partial charge in [-0.3, -0.25) is 14.6 Å². The number of fused-ring (bicyclic) bond motifs is 7. The molecule has 5 aliphatic carbocycles. The highest BCUT2D eigenvalue weighted by Gasteiger charge is 2.70. The summed E-state index contributed by atoms with van der Waals surface area (Å²) in [7, 11) is 2.18. The first kappa shape index (κ1) is 32.3. The molecule has 0 radical (unpaired) electrons. The van der Waals surface area contributed by atoms with Gasteiger partial charge in [-0.1, -0.05) is 66.2 Å². The number of hydrogen-bond donors (Lipinski definition) is 0. The number of Topliss-reactive ketones (excluding diaryl/α,β-unsaturated/α-hetero) is 1. The van der Waals surface area contributed by atoms with E-state index in [4.69, 9.17) is 0 Å². The molecule has 5 nitrogen and oxygen atoms in total. The Balaban J connectivity index is 1.29. The third-order valence-corrected chi connectivity index (χ3v) is 15.8. The highest BCUT2D eigenvalue weighted by Crippen LogP contribution is 2.76. The molecule has 250 valence electrons. The lowest BCUT2D eigenvalue weighted by atomic mass is 9.33. The van der Waals surface area contributed by atoms with Gasteiger partial charge in [-0.2, -0.15) is 0 Å². The van der Waals surface area contributed by atoms with Crippen LogP contribution < -0.4 is 0 Å². The minimum Gasteiger partial charge on any atom is -0.340 e. The fourth-order valence-corrected chi connectivity index (χ4v) is 12.8. The first-order valence-corrected chi connectivity index (χ1v) is 18.5. The number of hydrogen-bond acceptors (Lipinski definition) is 4. The number of carbonyl (C=O) groups is 2. The Kier molecular flexibility index (Phi) is 7.63. The van der Waals surface area contributed by atoms with E-state index >= 15 is 0 Å². The Bertz CT molecular complexity index is 1450. The molecular formula is C41H59N3O2. The van der Waals surface area contributed by atoms with E-state index in [1.54, 1.807) is 5.57 Å². The van der Waals surface area contributed by atoms with Gasteiger partial charge in [0, 0.05) is 37.8 Å². The first-order chi connectivity index (χ1) is 21.7. The predicted molar refractivity (Wildman–Crippen MR) is 186 cm³/mol. The van der Waals surface area contributed by atoms with E-state index in [1.165, 1.54) is 0 Å². The zero-order valence-corrected chi connectivity index (χ0v) is 30.0. The van der Waals surface area contributed by atoms with Crippen LogP contribution in [0.4, 0.5) is 0 Å². The number of allylic oxidation sites excluding steroid dienone is 3. The largest absolute Gasteiger partial charge is 0.340 e. The molecule has 0 N–H and O–H groups in total. The summed E-state index contributed by atoms with van der Waals surface area (Å²) in [6.45, 7) is 20.8. The third-order valence-electron chi connectivity index (χ3n) is 15.8. The molecule has 0 aromatic carbocycles. The van der Waals surface area contributed by atoms with E-state index in [1.807, 2.05) is 24.4 Å². The number of piperazine rings is 1. The summed E-state index contributed by atoms with van der Waals surface area (Å²) in [6, 6.07) is 5.98. The molecule has 0 spiro atoms. The molecule has 1 amide bonds. The summed E-state index contributed by atoms with van der Waals surface area (Å²) in [5, 5.41) is 0. The minimum absolute atomic E-state index is 0.0196. The van der Waals surface area contributed by atoms with Crippen LogP contribution >= 0.6 is 0 Å². The molecule has 5 fully saturated rings. The van der Waals surface area contributed by atoms with Crippen LogP contribution in [-0.4, -0.2) is 59.7 Å². The van der Waals surface area contributed by atoms with Gasteiger partial charge in [-0.05, 0) is 128 Å². The molecule has 5 heteroatoms. The van der Waals surface area contributed by atoms with E-state index in [-0.39, 0.29) is 21.7 Å². The molecule has 2 heterocycles. The normalized spacial score (nSPS) is 44.8. The number of rotatable bonds is 2. The SMILES string of the molecule is C[C@H]1[C@H](C)CC[C@]2(C(=O)N3CCN(C)CC3)CC[C@]3(C)C(=CC[C@@H]4[C@@]5(C)C/C(=C/c6ccccn6)C(=O)C(C)(C)[C@@H]5CC[C@]43C)[C@H]12. The van der Waals surface area contributed by atoms with Gasteiger partial charge in [0.05, 0.1) is 11.1 Å². The molecule has 9 atom stereocenters. The molecular weight excluding hydrogens is 566 g/mol. The second-order valence-corrected chi connectivity index (χ2v) is 18.1. The fraction of sp³-hybridized carbons (Fsp3) is 0.732. The van der Waals surface area contributed by atoms with Gasteiger partial charge < -0.3 is 9.80 Å². The summed E-state index contributed by atoms with van der Waals surface area (Å²) in [5.41, 5.74) is 3.03. The topological polar surface area (TPSA) is 53.5 Å². The average molecular weight is 626 g/mol. The van der Waals surface area contributed by atoms with E-state index < -0.39 is 5.41 Å². The molecule has 0 unspecified atom stereocenters. The predicted octanol–water partition coefficient (Wildman–Crippen LogP) is 8.08. The van der Waals surface area contributed by atoms with Crippen molar-refractivity contribution in [3.63, 3.8) is 0 Å². The van der Waals surface area contributed by atoms with Gasteiger partial charge in [0.15, 0.2) is 5.78 Å². The van der Waals surface area contributed by atoms with Gasteiger partial charge in [-0.15, -0.1) is 0 Å². The van der Waals surface area contributed by atoms with Crippen molar-refractivity contribution in [2.45, 2.75) is 99.8 Å². The molecule has 7 rings (SSSR count). The fourth-order valence-electron chi connectivity index (χ4n) is 12.8. The Morgan fingerprint density at radius 3 is 2.37 bits per heavy atom. The zero-order valence-electron chi connectivity index (χ0n) is 30.0. The van der Waals surface area contributed by atoms with Crippen LogP contribution in [0.25, 0.3) is 6.08 Å². The van der Waals surface area contributed by atoms with Crippen LogP contribution in [0.2, 0.25) is 0 Å². The van der Waals surface area contributed by atoms with Gasteiger partial charge in [-0.25, -0.2) is 0 Å². The van der Waals surface area contributed by atoms with Crippen molar-refractivity contribution in [3.8, 4) is 0 Å². The zero-order chi connectivity index (χ0) is 32.9. The minimum atomic E-state index is -0.399. The monoisotopic (exact) mass is 625 g/mol. The molecule has 0 bridgehead atoms. The van der Waals surface area contributed by atoms with Gasteiger partial charge in [0.2, 0.25) is 5.91 Å². The van der Waals surface area contributed by atoms with Crippen LogP contribution in [0, 0.1) is 56.7 Å². The molecule has 1 aromatic rings. The van der Waals surface area contributed by atoms with Crippen molar-refractivity contribution in [2.75, 3.05) is 33.2 Å². The molecule has 46 heavy (non-hydrogen) atoms. The van der Waals surface area contributed by atoms with Crippen LogP contribution in [0.1, 0.15) is 106 Å². The van der Waals surface area contributed by atoms with Gasteiger partial charge >= 0.3 is 0 Å². The van der Waals surface area contributed by atoms with Crippen molar-refractivity contribution >= 4 is 17.8 Å². The summed E-state index contributed by atoms with van der Waals surface area (Å²) in [4.78, 5) is 38.1. The smallest absolute Gasteiger partial charge is 0.229 e. The van der Waals surface area contributed by atoms with Crippen molar-refractivity contribution in [1.82, 2.24) is 14.8 Å². The van der Waals surface area contributed by atoms with E-state index in [0.29, 0.717) is 41.3 Å². The summed E-state index contributed by atoms with van der Waals surface area (Å²) in [5.74, 6) is 3.09. The highest BCUT2D eigenvalue weighted by atomic mass is 16.2. The third kappa shape index (κ3) is 4.38. The lowest BCUT2D eigenvalue weighted by Crippen LogP contribution is -2.66. The van der Waals surface area contributed by atoms with E-state index in [9.17, 15) is 9.59 Å². The first-order valence-electron chi connectivity index (χ1n) is 18.5. The Morgan fingerprint density at radius 1 is 0.935 bits per heavy atom. The van der Waals surface area contributed by atoms with Gasteiger partial charge in [0.25, 0.3) is 0 Å². The van der Waals surface area contributed by atoms with Crippen LogP contribution in [0.3, 0.4) is 0 Å². The number of carbonyl (C=O) groups excluding carboxylic acids is 2. The maximum absolute atomic E-state index is 14.8.